The Balaban J connectivity index is 2.23. The normalized spacial score (nSPS) is 12.4. The number of nitrogens with two attached hydrogens (primary N) is 1. The fraction of sp³-hybridized carbons (Fsp3) is 0.286. The lowest BCUT2D eigenvalue weighted by Crippen LogP contribution is -2.20. The largest absolute Gasteiger partial charge is 0.472 e. The van der Waals surface area contributed by atoms with Crippen molar-refractivity contribution in [2.75, 3.05) is 11.9 Å². The molecule has 1 heterocycles. The van der Waals surface area contributed by atoms with Crippen molar-refractivity contribution >= 4 is 21.6 Å². The summed E-state index contributed by atoms with van der Waals surface area (Å²) in [6.45, 7) is 4.68. The van der Waals surface area contributed by atoms with Crippen molar-refractivity contribution in [3.63, 3.8) is 0 Å². The van der Waals surface area contributed by atoms with Crippen LogP contribution in [0.1, 0.15) is 22.7 Å². The number of halogens is 1. The molecule has 0 saturated heterocycles. The lowest BCUT2D eigenvalue weighted by Gasteiger charge is -2.18. The second-order valence-electron chi connectivity index (χ2n) is 4.41. The fourth-order valence-corrected chi connectivity index (χ4v) is 2.21. The molecule has 0 aliphatic rings. The van der Waals surface area contributed by atoms with Gasteiger partial charge in [0.2, 0.25) is 0 Å². The second kappa shape index (κ2) is 5.59. The van der Waals surface area contributed by atoms with Gasteiger partial charge in [0.1, 0.15) is 0 Å². The maximum Gasteiger partial charge on any atom is 0.0955 e. The highest BCUT2D eigenvalue weighted by Gasteiger charge is 2.11. The molecule has 4 heteroatoms. The van der Waals surface area contributed by atoms with Crippen molar-refractivity contribution in [3.8, 4) is 0 Å². The molecule has 96 valence electrons. The zero-order chi connectivity index (χ0) is 13.1. The topological polar surface area (TPSA) is 51.2 Å². The van der Waals surface area contributed by atoms with E-state index in [2.05, 4.69) is 47.2 Å². The number of benzene rings is 1. The minimum Gasteiger partial charge on any atom is -0.472 e. The Morgan fingerprint density at radius 2 is 2.00 bits per heavy atom. The van der Waals surface area contributed by atoms with Gasteiger partial charge >= 0.3 is 0 Å². The summed E-state index contributed by atoms with van der Waals surface area (Å²) in [5.41, 5.74) is 10.4. The Hall–Kier alpha value is -1.26. The van der Waals surface area contributed by atoms with E-state index in [1.54, 1.807) is 12.5 Å². The van der Waals surface area contributed by atoms with Crippen LogP contribution in [0.25, 0.3) is 0 Å². The standard InChI is InChI=1S/C14H17BrN2O/c1-9-5-12(6-10(2)14(9)15)17-13(7-16)11-3-4-18-8-11/h3-6,8,13,17H,7,16H2,1-2H3. The highest BCUT2D eigenvalue weighted by atomic mass is 79.9. The van der Waals surface area contributed by atoms with Crippen molar-refractivity contribution in [1.82, 2.24) is 0 Å². The summed E-state index contributed by atoms with van der Waals surface area (Å²) in [5, 5.41) is 3.43. The highest BCUT2D eigenvalue weighted by molar-refractivity contribution is 9.10. The lowest BCUT2D eigenvalue weighted by atomic mass is 10.1. The van der Waals surface area contributed by atoms with Gasteiger partial charge in [-0.1, -0.05) is 15.9 Å². The first-order valence-electron chi connectivity index (χ1n) is 5.87. The first-order valence-corrected chi connectivity index (χ1v) is 6.66. The fourth-order valence-electron chi connectivity index (χ4n) is 1.98. The summed E-state index contributed by atoms with van der Waals surface area (Å²) < 4.78 is 6.25. The average molecular weight is 309 g/mol. The summed E-state index contributed by atoms with van der Waals surface area (Å²) in [5.74, 6) is 0. The predicted molar refractivity (Wildman–Crippen MR) is 77.7 cm³/mol. The van der Waals surface area contributed by atoms with Crippen LogP contribution in [0.2, 0.25) is 0 Å². The lowest BCUT2D eigenvalue weighted by molar-refractivity contribution is 0.561. The van der Waals surface area contributed by atoms with Crippen LogP contribution >= 0.6 is 15.9 Å². The van der Waals surface area contributed by atoms with Gasteiger partial charge in [-0.25, -0.2) is 0 Å². The average Bonchev–Trinajstić information content (AvgIpc) is 2.86. The molecule has 0 fully saturated rings. The molecule has 1 aromatic heterocycles. The van der Waals surface area contributed by atoms with Crippen molar-refractivity contribution < 1.29 is 4.42 Å². The van der Waals surface area contributed by atoms with Gasteiger partial charge in [-0.2, -0.15) is 0 Å². The molecule has 0 radical (unpaired) electrons. The van der Waals surface area contributed by atoms with Gasteiger partial charge in [0.15, 0.2) is 0 Å². The number of aryl methyl sites for hydroxylation is 2. The maximum absolute atomic E-state index is 5.80. The molecule has 18 heavy (non-hydrogen) atoms. The summed E-state index contributed by atoms with van der Waals surface area (Å²) in [6, 6.07) is 6.23. The monoisotopic (exact) mass is 308 g/mol. The van der Waals surface area contributed by atoms with Gasteiger partial charge < -0.3 is 15.5 Å². The molecular weight excluding hydrogens is 292 g/mol. The van der Waals surface area contributed by atoms with Gasteiger partial charge in [-0.05, 0) is 43.2 Å². The number of rotatable bonds is 4. The quantitative estimate of drug-likeness (QED) is 0.904. The van der Waals surface area contributed by atoms with E-state index in [0.29, 0.717) is 6.54 Å². The molecule has 0 aliphatic carbocycles. The molecular formula is C14H17BrN2O. The summed E-state index contributed by atoms with van der Waals surface area (Å²) in [7, 11) is 0. The van der Waals surface area contributed by atoms with Gasteiger partial charge in [0, 0.05) is 22.3 Å². The second-order valence-corrected chi connectivity index (χ2v) is 5.21. The molecule has 1 unspecified atom stereocenters. The Labute approximate surface area is 115 Å². The van der Waals surface area contributed by atoms with Crippen LogP contribution in [0.5, 0.6) is 0 Å². The molecule has 0 spiro atoms. The van der Waals surface area contributed by atoms with Crippen molar-refractivity contribution in [3.05, 3.63) is 51.9 Å². The Morgan fingerprint density at radius 1 is 1.33 bits per heavy atom. The third-order valence-corrected chi connectivity index (χ3v) is 4.21. The van der Waals surface area contributed by atoms with Gasteiger partial charge in [-0.15, -0.1) is 0 Å². The van der Waals surface area contributed by atoms with E-state index in [4.69, 9.17) is 10.2 Å². The van der Waals surface area contributed by atoms with Crippen LogP contribution in [-0.2, 0) is 0 Å². The molecule has 0 bridgehead atoms. The number of hydrogen-bond donors (Lipinski definition) is 2. The number of hydrogen-bond acceptors (Lipinski definition) is 3. The number of anilines is 1. The third kappa shape index (κ3) is 2.76. The molecule has 0 amide bonds. The Morgan fingerprint density at radius 3 is 2.50 bits per heavy atom. The maximum atomic E-state index is 5.80. The molecule has 2 rings (SSSR count). The number of nitrogens with one attached hydrogen (secondary N) is 1. The van der Waals surface area contributed by atoms with E-state index in [-0.39, 0.29) is 6.04 Å². The Kier molecular flexibility index (Phi) is 4.09. The first kappa shape index (κ1) is 13.2. The summed E-state index contributed by atoms with van der Waals surface area (Å²) >= 11 is 3.57. The molecule has 1 atom stereocenters. The van der Waals surface area contributed by atoms with E-state index < -0.39 is 0 Å². The van der Waals surface area contributed by atoms with Gasteiger partial charge in [-0.3, -0.25) is 0 Å². The molecule has 0 saturated carbocycles. The van der Waals surface area contributed by atoms with Gasteiger partial charge in [0.05, 0.1) is 18.6 Å². The molecule has 3 N–H and O–H groups in total. The summed E-state index contributed by atoms with van der Waals surface area (Å²) in [6.07, 6.45) is 3.39. The van der Waals surface area contributed by atoms with Crippen LogP contribution in [-0.4, -0.2) is 6.54 Å². The Bertz CT molecular complexity index is 500. The van der Waals surface area contributed by atoms with E-state index in [0.717, 1.165) is 15.7 Å². The minimum atomic E-state index is 0.0729. The van der Waals surface area contributed by atoms with E-state index in [9.17, 15) is 0 Å². The van der Waals surface area contributed by atoms with E-state index >= 15 is 0 Å². The molecule has 0 aliphatic heterocycles. The molecule has 1 aromatic carbocycles. The van der Waals surface area contributed by atoms with Crippen LogP contribution < -0.4 is 11.1 Å². The molecule has 2 aromatic rings. The van der Waals surface area contributed by atoms with Crippen LogP contribution in [0.3, 0.4) is 0 Å². The zero-order valence-corrected chi connectivity index (χ0v) is 12.1. The molecule has 3 nitrogen and oxygen atoms in total. The highest BCUT2D eigenvalue weighted by Crippen LogP contribution is 2.27. The smallest absolute Gasteiger partial charge is 0.0955 e. The minimum absolute atomic E-state index is 0.0729. The SMILES string of the molecule is Cc1cc(NC(CN)c2ccoc2)cc(C)c1Br. The van der Waals surface area contributed by atoms with Crippen LogP contribution in [0.4, 0.5) is 5.69 Å². The first-order chi connectivity index (χ1) is 8.61. The summed E-state index contributed by atoms with van der Waals surface area (Å²) in [4.78, 5) is 0. The zero-order valence-electron chi connectivity index (χ0n) is 10.5. The van der Waals surface area contributed by atoms with Crippen molar-refractivity contribution in [1.29, 1.82) is 0 Å². The van der Waals surface area contributed by atoms with Crippen molar-refractivity contribution in [2.45, 2.75) is 19.9 Å². The van der Waals surface area contributed by atoms with E-state index in [1.807, 2.05) is 6.07 Å². The predicted octanol–water partition coefficient (Wildman–Crippen LogP) is 3.77. The van der Waals surface area contributed by atoms with Crippen LogP contribution in [0.15, 0.2) is 39.6 Å². The van der Waals surface area contributed by atoms with Gasteiger partial charge in [0.25, 0.3) is 0 Å². The van der Waals surface area contributed by atoms with Crippen molar-refractivity contribution in [2.24, 2.45) is 5.73 Å². The van der Waals surface area contributed by atoms with E-state index in [1.165, 1.54) is 11.1 Å². The number of furan rings is 1. The third-order valence-electron chi connectivity index (χ3n) is 2.96. The van der Waals surface area contributed by atoms with Crippen LogP contribution in [0, 0.1) is 13.8 Å².